The third-order valence-corrected chi connectivity index (χ3v) is 4.98. The summed E-state index contributed by atoms with van der Waals surface area (Å²) in [7, 11) is 0. The summed E-state index contributed by atoms with van der Waals surface area (Å²) in [6.07, 6.45) is 0. The van der Waals surface area contributed by atoms with Gasteiger partial charge in [-0.05, 0) is 28.8 Å². The number of hydrogen-bond donors (Lipinski definition) is 1. The first kappa shape index (κ1) is 17.4. The Balaban J connectivity index is 1.83. The number of rotatable bonds is 4. The zero-order valence-electron chi connectivity index (χ0n) is 14.5. The second-order valence-corrected chi connectivity index (χ2v) is 6.94. The third-order valence-electron chi connectivity index (χ3n) is 4.75. The van der Waals surface area contributed by atoms with E-state index < -0.39 is 6.04 Å². The van der Waals surface area contributed by atoms with Crippen LogP contribution < -0.4 is 0 Å². The highest BCUT2D eigenvalue weighted by molar-refractivity contribution is 6.30. The molecule has 3 aromatic carbocycles. The van der Waals surface area contributed by atoms with Gasteiger partial charge in [-0.3, -0.25) is 4.79 Å². The van der Waals surface area contributed by atoms with Crippen LogP contribution in [0.4, 0.5) is 0 Å². The van der Waals surface area contributed by atoms with Crippen LogP contribution in [0.1, 0.15) is 22.7 Å². The molecule has 1 heterocycles. The number of amides is 1. The number of nitrogens with zero attached hydrogens (tertiary/aromatic N) is 1. The number of hydrogen-bond acceptors (Lipinski definition) is 2. The maximum absolute atomic E-state index is 12.9. The molecule has 0 saturated heterocycles. The molecule has 4 rings (SSSR count). The number of aliphatic hydroxyl groups is 1. The monoisotopic (exact) mass is 375 g/mol. The highest BCUT2D eigenvalue weighted by Crippen LogP contribution is 2.44. The first-order valence-corrected chi connectivity index (χ1v) is 9.12. The van der Waals surface area contributed by atoms with Crippen LogP contribution in [0.3, 0.4) is 0 Å². The van der Waals surface area contributed by atoms with Gasteiger partial charge in [0.1, 0.15) is 0 Å². The molecule has 3 nitrogen and oxygen atoms in total. The van der Waals surface area contributed by atoms with Gasteiger partial charge < -0.3 is 10.0 Å². The predicted octanol–water partition coefficient (Wildman–Crippen LogP) is 5.39. The van der Waals surface area contributed by atoms with E-state index in [1.807, 2.05) is 78.9 Å². The lowest BCUT2D eigenvalue weighted by atomic mass is 9.93. The molecule has 0 spiro atoms. The summed E-state index contributed by atoms with van der Waals surface area (Å²) in [6.45, 7) is 0.400. The molecule has 1 atom stereocenters. The van der Waals surface area contributed by atoms with E-state index in [1.165, 1.54) is 0 Å². The summed E-state index contributed by atoms with van der Waals surface area (Å²) >= 11 is 6.22. The lowest BCUT2D eigenvalue weighted by molar-refractivity contribution is -0.130. The molecular formula is C23H18ClNO2. The van der Waals surface area contributed by atoms with Crippen molar-refractivity contribution < 1.29 is 9.90 Å². The predicted molar refractivity (Wildman–Crippen MR) is 107 cm³/mol. The van der Waals surface area contributed by atoms with E-state index in [9.17, 15) is 9.90 Å². The topological polar surface area (TPSA) is 40.5 Å². The molecule has 134 valence electrons. The lowest BCUT2D eigenvalue weighted by Crippen LogP contribution is -2.29. The van der Waals surface area contributed by atoms with E-state index in [4.69, 9.17) is 11.6 Å². The first-order chi connectivity index (χ1) is 13.1. The number of halogens is 1. The van der Waals surface area contributed by atoms with Crippen molar-refractivity contribution in [2.75, 3.05) is 0 Å². The fourth-order valence-corrected chi connectivity index (χ4v) is 3.73. The molecule has 1 aliphatic rings. The maximum Gasteiger partial charge on any atom is 0.290 e. The molecule has 1 aliphatic heterocycles. The molecule has 0 aliphatic carbocycles. The first-order valence-electron chi connectivity index (χ1n) is 8.74. The Hall–Kier alpha value is -3.04. The number of aliphatic hydroxyl groups excluding tert-OH is 1. The SMILES string of the molecule is O=C1C(O)=C(c2ccccc2)[C@H](c2cccc(Cl)c2)N1Cc1ccccc1. The third kappa shape index (κ3) is 3.34. The van der Waals surface area contributed by atoms with Gasteiger partial charge in [0.05, 0.1) is 6.04 Å². The van der Waals surface area contributed by atoms with Crippen molar-refractivity contribution in [2.24, 2.45) is 0 Å². The molecule has 0 aromatic heterocycles. The summed E-state index contributed by atoms with van der Waals surface area (Å²) < 4.78 is 0. The normalized spacial score (nSPS) is 16.9. The highest BCUT2D eigenvalue weighted by Gasteiger charge is 2.40. The van der Waals surface area contributed by atoms with Gasteiger partial charge >= 0.3 is 0 Å². The molecule has 0 bridgehead atoms. The van der Waals surface area contributed by atoms with E-state index in [0.29, 0.717) is 17.1 Å². The lowest BCUT2D eigenvalue weighted by Gasteiger charge is -2.27. The maximum atomic E-state index is 12.9. The minimum Gasteiger partial charge on any atom is -0.503 e. The van der Waals surface area contributed by atoms with Crippen molar-refractivity contribution in [2.45, 2.75) is 12.6 Å². The van der Waals surface area contributed by atoms with Crippen LogP contribution in [-0.2, 0) is 11.3 Å². The van der Waals surface area contributed by atoms with Gasteiger partial charge in [0.2, 0.25) is 0 Å². The van der Waals surface area contributed by atoms with Crippen molar-refractivity contribution in [3.8, 4) is 0 Å². The highest BCUT2D eigenvalue weighted by atomic mass is 35.5. The van der Waals surface area contributed by atoms with E-state index in [2.05, 4.69) is 0 Å². The van der Waals surface area contributed by atoms with Crippen molar-refractivity contribution in [3.63, 3.8) is 0 Å². The van der Waals surface area contributed by atoms with Gasteiger partial charge in [0.15, 0.2) is 5.76 Å². The Morgan fingerprint density at radius 1 is 0.889 bits per heavy atom. The summed E-state index contributed by atoms with van der Waals surface area (Å²) in [6, 6.07) is 26.3. The summed E-state index contributed by atoms with van der Waals surface area (Å²) in [5, 5.41) is 11.3. The van der Waals surface area contributed by atoms with Crippen LogP contribution in [0.5, 0.6) is 0 Å². The Labute approximate surface area is 163 Å². The zero-order chi connectivity index (χ0) is 18.8. The van der Waals surface area contributed by atoms with E-state index in [1.54, 1.807) is 11.0 Å². The molecule has 0 fully saturated rings. The van der Waals surface area contributed by atoms with Crippen molar-refractivity contribution in [1.82, 2.24) is 4.90 Å². The summed E-state index contributed by atoms with van der Waals surface area (Å²) in [5.74, 6) is -0.579. The Kier molecular flexibility index (Phi) is 4.69. The molecule has 1 N–H and O–H groups in total. The smallest absolute Gasteiger partial charge is 0.290 e. The standard InChI is InChI=1S/C23H18ClNO2/c24-19-13-7-12-18(14-19)21-20(17-10-5-2-6-11-17)22(26)23(27)25(21)15-16-8-3-1-4-9-16/h1-14,21,26H,15H2/t21-/m0/s1. The minimum atomic E-state index is -0.404. The average molecular weight is 376 g/mol. The number of benzene rings is 3. The van der Waals surface area contributed by atoms with Gasteiger partial charge in [-0.1, -0.05) is 84.4 Å². The Morgan fingerprint density at radius 2 is 1.56 bits per heavy atom. The van der Waals surface area contributed by atoms with Crippen molar-refractivity contribution in [3.05, 3.63) is 112 Å². The van der Waals surface area contributed by atoms with Crippen molar-refractivity contribution >= 4 is 23.1 Å². The van der Waals surface area contributed by atoms with Crippen LogP contribution in [0.15, 0.2) is 90.7 Å². The molecule has 3 aromatic rings. The quantitative estimate of drug-likeness (QED) is 0.663. The summed E-state index contributed by atoms with van der Waals surface area (Å²) in [4.78, 5) is 14.6. The molecular weight excluding hydrogens is 358 g/mol. The van der Waals surface area contributed by atoms with Crippen molar-refractivity contribution in [1.29, 1.82) is 0 Å². The average Bonchev–Trinajstić information content (AvgIpc) is 2.94. The van der Waals surface area contributed by atoms with Crippen LogP contribution in [-0.4, -0.2) is 15.9 Å². The number of carbonyl (C=O) groups excluding carboxylic acids is 1. The Morgan fingerprint density at radius 3 is 2.22 bits per heavy atom. The second kappa shape index (κ2) is 7.29. The van der Waals surface area contributed by atoms with Crippen LogP contribution in [0, 0.1) is 0 Å². The fourth-order valence-electron chi connectivity index (χ4n) is 3.53. The molecule has 27 heavy (non-hydrogen) atoms. The molecule has 0 saturated carbocycles. The van der Waals surface area contributed by atoms with Gasteiger partial charge in [0.25, 0.3) is 5.91 Å². The molecule has 4 heteroatoms. The van der Waals surface area contributed by atoms with Gasteiger partial charge in [-0.25, -0.2) is 0 Å². The number of carbonyl (C=O) groups is 1. The zero-order valence-corrected chi connectivity index (χ0v) is 15.3. The molecule has 1 amide bonds. The van der Waals surface area contributed by atoms with Crippen LogP contribution >= 0.6 is 11.6 Å². The van der Waals surface area contributed by atoms with Crippen LogP contribution in [0.2, 0.25) is 5.02 Å². The van der Waals surface area contributed by atoms with Gasteiger partial charge in [-0.15, -0.1) is 0 Å². The second-order valence-electron chi connectivity index (χ2n) is 6.50. The summed E-state index contributed by atoms with van der Waals surface area (Å²) in [5.41, 5.74) is 3.30. The fraction of sp³-hybridized carbons (Fsp3) is 0.0870. The van der Waals surface area contributed by atoms with E-state index >= 15 is 0 Å². The van der Waals surface area contributed by atoms with Crippen LogP contribution in [0.25, 0.3) is 5.57 Å². The largest absolute Gasteiger partial charge is 0.503 e. The Bertz CT molecular complexity index is 999. The molecule has 0 unspecified atom stereocenters. The van der Waals surface area contributed by atoms with E-state index in [-0.39, 0.29) is 11.7 Å². The van der Waals surface area contributed by atoms with Gasteiger partial charge in [0, 0.05) is 17.1 Å². The van der Waals surface area contributed by atoms with Gasteiger partial charge in [-0.2, -0.15) is 0 Å². The van der Waals surface area contributed by atoms with E-state index in [0.717, 1.165) is 16.7 Å². The minimum absolute atomic E-state index is 0.206. The molecule has 0 radical (unpaired) electrons.